The summed E-state index contributed by atoms with van der Waals surface area (Å²) in [6, 6.07) is 12.3. The molecule has 0 aliphatic heterocycles. The van der Waals surface area contributed by atoms with Gasteiger partial charge in [0.15, 0.2) is 0 Å². The summed E-state index contributed by atoms with van der Waals surface area (Å²) in [5, 5.41) is 14.6. The maximum absolute atomic E-state index is 12.1. The number of aromatic nitrogens is 1. The Hall–Kier alpha value is -3.33. The van der Waals surface area contributed by atoms with Crippen molar-refractivity contribution in [1.29, 1.82) is 5.26 Å². The quantitative estimate of drug-likeness (QED) is 0.653. The van der Waals surface area contributed by atoms with Crippen LogP contribution in [0.15, 0.2) is 60.6 Å². The molecule has 0 saturated carbocycles. The maximum Gasteiger partial charge on any atom is 0.267 e. The summed E-state index contributed by atoms with van der Waals surface area (Å²) in [6.45, 7) is 0. The molecule has 1 amide bonds. The van der Waals surface area contributed by atoms with Gasteiger partial charge in [0, 0.05) is 12.4 Å². The first-order valence-corrected chi connectivity index (χ1v) is 6.46. The summed E-state index contributed by atoms with van der Waals surface area (Å²) in [7, 11) is 1.51. The van der Waals surface area contributed by atoms with Gasteiger partial charge >= 0.3 is 0 Å². The second-order valence-electron chi connectivity index (χ2n) is 4.21. The largest absolute Gasteiger partial charge is 0.495 e. The highest BCUT2D eigenvalue weighted by Crippen LogP contribution is 2.23. The fraction of sp³-hybridized carbons (Fsp3) is 0.0625. The lowest BCUT2D eigenvalue weighted by molar-refractivity contribution is -0.112. The Kier molecular flexibility index (Phi) is 5.10. The number of anilines is 2. The summed E-state index contributed by atoms with van der Waals surface area (Å²) < 4.78 is 5.15. The second-order valence-corrected chi connectivity index (χ2v) is 4.21. The summed E-state index contributed by atoms with van der Waals surface area (Å²) in [6.07, 6.45) is 4.56. The minimum Gasteiger partial charge on any atom is -0.495 e. The number of amides is 1. The molecule has 0 fully saturated rings. The van der Waals surface area contributed by atoms with E-state index in [2.05, 4.69) is 15.6 Å². The third kappa shape index (κ3) is 3.84. The van der Waals surface area contributed by atoms with Gasteiger partial charge in [0.2, 0.25) is 0 Å². The summed E-state index contributed by atoms with van der Waals surface area (Å²) in [5.41, 5.74) is 1.12. The van der Waals surface area contributed by atoms with Crippen LogP contribution in [-0.4, -0.2) is 18.0 Å². The Balaban J connectivity index is 2.11. The molecule has 2 aromatic rings. The van der Waals surface area contributed by atoms with Gasteiger partial charge in [-0.15, -0.1) is 0 Å². The summed E-state index contributed by atoms with van der Waals surface area (Å²) >= 11 is 0. The molecule has 0 spiro atoms. The SMILES string of the molecule is COc1ccccc1NC(=O)/C(C#N)=C\Nc1cccnc1. The molecule has 1 aromatic heterocycles. The number of carbonyl (C=O) groups is 1. The van der Waals surface area contributed by atoms with Gasteiger partial charge in [0.25, 0.3) is 5.91 Å². The first kappa shape index (κ1) is 15.1. The number of hydrogen-bond donors (Lipinski definition) is 2. The average Bonchev–Trinajstić information content (AvgIpc) is 2.57. The molecule has 0 unspecified atom stereocenters. The predicted octanol–water partition coefficient (Wildman–Crippen LogP) is 2.55. The lowest BCUT2D eigenvalue weighted by Crippen LogP contribution is -2.15. The molecule has 0 saturated heterocycles. The Bertz CT molecular complexity index is 720. The lowest BCUT2D eigenvalue weighted by Gasteiger charge is -2.09. The molecule has 22 heavy (non-hydrogen) atoms. The number of nitriles is 1. The molecule has 2 rings (SSSR count). The molecule has 1 heterocycles. The van der Waals surface area contributed by atoms with Gasteiger partial charge in [0.1, 0.15) is 17.4 Å². The molecular formula is C16H14N4O2. The van der Waals surface area contributed by atoms with Crippen LogP contribution in [0.5, 0.6) is 5.75 Å². The first-order valence-electron chi connectivity index (χ1n) is 6.46. The first-order chi connectivity index (χ1) is 10.7. The standard InChI is InChI=1S/C16H14N4O2/c1-22-15-7-3-2-6-14(15)20-16(21)12(9-17)10-19-13-5-4-8-18-11-13/h2-8,10-11,19H,1H3,(H,20,21)/b12-10-. The maximum atomic E-state index is 12.1. The highest BCUT2D eigenvalue weighted by atomic mass is 16.5. The predicted molar refractivity (Wildman–Crippen MR) is 83.2 cm³/mol. The molecule has 0 radical (unpaired) electrons. The van der Waals surface area contributed by atoms with E-state index in [9.17, 15) is 4.79 Å². The highest BCUT2D eigenvalue weighted by molar-refractivity contribution is 6.07. The zero-order valence-corrected chi connectivity index (χ0v) is 11.9. The number of rotatable bonds is 5. The van der Waals surface area contributed by atoms with Crippen molar-refractivity contribution in [3.05, 3.63) is 60.6 Å². The number of carbonyl (C=O) groups excluding carboxylic acids is 1. The van der Waals surface area contributed by atoms with Crippen molar-refractivity contribution >= 4 is 17.3 Å². The number of nitrogens with one attached hydrogen (secondary N) is 2. The Morgan fingerprint density at radius 2 is 2.14 bits per heavy atom. The molecule has 6 heteroatoms. The van der Waals surface area contributed by atoms with Crippen molar-refractivity contribution < 1.29 is 9.53 Å². The minimum absolute atomic E-state index is 0.0604. The van der Waals surface area contributed by atoms with Gasteiger partial charge in [-0.05, 0) is 24.3 Å². The van der Waals surface area contributed by atoms with E-state index in [-0.39, 0.29) is 5.57 Å². The van der Waals surface area contributed by atoms with Crippen molar-refractivity contribution in [2.24, 2.45) is 0 Å². The van der Waals surface area contributed by atoms with E-state index < -0.39 is 5.91 Å². The smallest absolute Gasteiger partial charge is 0.267 e. The van der Waals surface area contributed by atoms with Crippen LogP contribution >= 0.6 is 0 Å². The van der Waals surface area contributed by atoms with E-state index >= 15 is 0 Å². The number of hydrogen-bond acceptors (Lipinski definition) is 5. The van der Waals surface area contributed by atoms with Gasteiger partial charge in [0.05, 0.1) is 24.7 Å². The summed E-state index contributed by atoms with van der Waals surface area (Å²) in [5.74, 6) is -0.00301. The van der Waals surface area contributed by atoms with E-state index in [1.807, 2.05) is 6.07 Å². The number of nitrogens with zero attached hydrogens (tertiary/aromatic N) is 2. The lowest BCUT2D eigenvalue weighted by atomic mass is 10.2. The van der Waals surface area contributed by atoms with Crippen molar-refractivity contribution in [1.82, 2.24) is 4.98 Å². The molecule has 0 aliphatic carbocycles. The van der Waals surface area contributed by atoms with Crippen molar-refractivity contribution in [2.45, 2.75) is 0 Å². The molecule has 0 bridgehead atoms. The number of benzene rings is 1. The third-order valence-corrected chi connectivity index (χ3v) is 2.76. The molecular weight excluding hydrogens is 280 g/mol. The number of para-hydroxylation sites is 2. The normalized spacial score (nSPS) is 10.5. The van der Waals surface area contributed by atoms with E-state index in [1.54, 1.807) is 48.8 Å². The molecule has 0 atom stereocenters. The second kappa shape index (κ2) is 7.45. The fourth-order valence-corrected chi connectivity index (χ4v) is 1.69. The monoisotopic (exact) mass is 294 g/mol. The van der Waals surface area contributed by atoms with Crippen LogP contribution in [0.4, 0.5) is 11.4 Å². The van der Waals surface area contributed by atoms with E-state index in [0.29, 0.717) is 17.1 Å². The van der Waals surface area contributed by atoms with Gasteiger partial charge in [-0.3, -0.25) is 9.78 Å². The molecule has 0 aliphatic rings. The van der Waals surface area contributed by atoms with E-state index in [4.69, 9.17) is 10.00 Å². The zero-order valence-electron chi connectivity index (χ0n) is 11.9. The number of pyridine rings is 1. The van der Waals surface area contributed by atoms with Crippen LogP contribution in [0.25, 0.3) is 0 Å². The van der Waals surface area contributed by atoms with Gasteiger partial charge < -0.3 is 15.4 Å². The molecule has 1 aromatic carbocycles. The Morgan fingerprint density at radius 1 is 1.32 bits per heavy atom. The Labute approximate surface area is 128 Å². The van der Waals surface area contributed by atoms with Crippen molar-refractivity contribution in [3.8, 4) is 11.8 Å². The van der Waals surface area contributed by atoms with Gasteiger partial charge in [-0.1, -0.05) is 12.1 Å². The van der Waals surface area contributed by atoms with Crippen LogP contribution in [0.1, 0.15) is 0 Å². The number of ether oxygens (including phenoxy) is 1. The van der Waals surface area contributed by atoms with Crippen LogP contribution in [0, 0.1) is 11.3 Å². The van der Waals surface area contributed by atoms with E-state index in [0.717, 1.165) is 0 Å². The molecule has 2 N–H and O–H groups in total. The van der Waals surface area contributed by atoms with Crippen LogP contribution in [0.2, 0.25) is 0 Å². The van der Waals surface area contributed by atoms with Gasteiger partial charge in [-0.25, -0.2) is 0 Å². The van der Waals surface area contributed by atoms with Crippen LogP contribution in [-0.2, 0) is 4.79 Å². The zero-order chi connectivity index (χ0) is 15.8. The van der Waals surface area contributed by atoms with Crippen molar-refractivity contribution in [2.75, 3.05) is 17.7 Å². The van der Waals surface area contributed by atoms with E-state index in [1.165, 1.54) is 13.3 Å². The number of methoxy groups -OCH3 is 1. The van der Waals surface area contributed by atoms with Gasteiger partial charge in [-0.2, -0.15) is 5.26 Å². The van der Waals surface area contributed by atoms with Crippen molar-refractivity contribution in [3.63, 3.8) is 0 Å². The minimum atomic E-state index is -0.525. The van der Waals surface area contributed by atoms with Crippen LogP contribution in [0.3, 0.4) is 0 Å². The fourth-order valence-electron chi connectivity index (χ4n) is 1.69. The third-order valence-electron chi connectivity index (χ3n) is 2.76. The molecule has 110 valence electrons. The highest BCUT2D eigenvalue weighted by Gasteiger charge is 2.11. The molecule has 6 nitrogen and oxygen atoms in total. The summed E-state index contributed by atoms with van der Waals surface area (Å²) in [4.78, 5) is 16.1. The van der Waals surface area contributed by atoms with Crippen LogP contribution < -0.4 is 15.4 Å². The topological polar surface area (TPSA) is 87.0 Å². The average molecular weight is 294 g/mol. The Morgan fingerprint density at radius 3 is 2.82 bits per heavy atom.